The molecule has 2 rings (SSSR count). The fourth-order valence-electron chi connectivity index (χ4n) is 1.71. The summed E-state index contributed by atoms with van der Waals surface area (Å²) < 4.78 is 31.7. The average Bonchev–Trinajstić information content (AvgIpc) is 2.94. The van der Waals surface area contributed by atoms with Gasteiger partial charge in [-0.15, -0.1) is 0 Å². The molecule has 7 heteroatoms. The van der Waals surface area contributed by atoms with E-state index in [9.17, 15) is 8.42 Å². The van der Waals surface area contributed by atoms with Crippen LogP contribution in [0.4, 0.5) is 0 Å². The van der Waals surface area contributed by atoms with E-state index in [1.54, 1.807) is 30.5 Å². The maximum absolute atomic E-state index is 12.0. The minimum Gasteiger partial charge on any atom is -0.444 e. The van der Waals surface area contributed by atoms with Gasteiger partial charge in [-0.1, -0.05) is 19.1 Å². The number of aryl methyl sites for hydroxylation is 1. The second-order valence-corrected chi connectivity index (χ2v) is 6.27. The van der Waals surface area contributed by atoms with Crippen LogP contribution in [-0.4, -0.2) is 13.4 Å². The standard InChI is InChI=1S/C14H15N3O3S/c1-2-13-8-16-14(20-13)9-17-21(18,19)10-12-5-3-11(7-15)4-6-12/h3-6,8,17H,2,9-10H2,1H3. The number of benzene rings is 1. The largest absolute Gasteiger partial charge is 0.444 e. The number of nitrogens with one attached hydrogen (secondary N) is 1. The molecule has 0 fully saturated rings. The van der Waals surface area contributed by atoms with Crippen molar-refractivity contribution in [2.75, 3.05) is 0 Å². The van der Waals surface area contributed by atoms with Crippen LogP contribution >= 0.6 is 0 Å². The molecule has 2 aromatic rings. The lowest BCUT2D eigenvalue weighted by Crippen LogP contribution is -2.24. The molecule has 1 heterocycles. The molecular weight excluding hydrogens is 290 g/mol. The topological polar surface area (TPSA) is 96.0 Å². The molecule has 0 saturated carbocycles. The first kappa shape index (κ1) is 15.2. The zero-order chi connectivity index (χ0) is 15.3. The lowest BCUT2D eigenvalue weighted by atomic mass is 10.2. The SMILES string of the molecule is CCc1cnc(CNS(=O)(=O)Cc2ccc(C#N)cc2)o1. The third kappa shape index (κ3) is 4.41. The number of hydrogen-bond donors (Lipinski definition) is 1. The monoisotopic (exact) mass is 305 g/mol. The van der Waals surface area contributed by atoms with E-state index >= 15 is 0 Å². The van der Waals surface area contributed by atoms with Crippen LogP contribution in [-0.2, 0) is 28.7 Å². The van der Waals surface area contributed by atoms with E-state index < -0.39 is 10.0 Å². The molecule has 1 aromatic carbocycles. The van der Waals surface area contributed by atoms with Crippen molar-refractivity contribution in [3.8, 4) is 6.07 Å². The van der Waals surface area contributed by atoms with Crippen molar-refractivity contribution in [3.63, 3.8) is 0 Å². The van der Waals surface area contributed by atoms with Gasteiger partial charge in [0, 0.05) is 6.42 Å². The molecular formula is C14H15N3O3S. The molecule has 1 aromatic heterocycles. The van der Waals surface area contributed by atoms with Gasteiger partial charge >= 0.3 is 0 Å². The van der Waals surface area contributed by atoms with Gasteiger partial charge in [-0.3, -0.25) is 0 Å². The van der Waals surface area contributed by atoms with Gasteiger partial charge in [0.15, 0.2) is 0 Å². The van der Waals surface area contributed by atoms with Crippen molar-refractivity contribution in [1.82, 2.24) is 9.71 Å². The van der Waals surface area contributed by atoms with E-state index in [1.807, 2.05) is 13.0 Å². The lowest BCUT2D eigenvalue weighted by Gasteiger charge is -2.05. The number of oxazole rings is 1. The Morgan fingerprint density at radius 2 is 2.05 bits per heavy atom. The zero-order valence-electron chi connectivity index (χ0n) is 11.5. The highest BCUT2D eigenvalue weighted by Gasteiger charge is 2.13. The number of sulfonamides is 1. The third-order valence-electron chi connectivity index (χ3n) is 2.83. The summed E-state index contributed by atoms with van der Waals surface area (Å²) in [4.78, 5) is 3.99. The average molecular weight is 305 g/mol. The van der Waals surface area contributed by atoms with Crippen LogP contribution in [0.2, 0.25) is 0 Å². The fourth-order valence-corrected chi connectivity index (χ4v) is 2.79. The first-order chi connectivity index (χ1) is 10.0. The van der Waals surface area contributed by atoms with Gasteiger partial charge in [0.25, 0.3) is 0 Å². The Labute approximate surface area is 123 Å². The lowest BCUT2D eigenvalue weighted by molar-refractivity contribution is 0.452. The van der Waals surface area contributed by atoms with Crippen LogP contribution in [0.1, 0.15) is 29.7 Å². The summed E-state index contributed by atoms with van der Waals surface area (Å²) in [6.07, 6.45) is 2.30. The molecule has 0 unspecified atom stereocenters. The number of nitrogens with zero attached hydrogens (tertiary/aromatic N) is 2. The Bertz CT molecular complexity index is 743. The summed E-state index contributed by atoms with van der Waals surface area (Å²) >= 11 is 0. The van der Waals surface area contributed by atoms with Crippen molar-refractivity contribution in [3.05, 3.63) is 53.2 Å². The smallest absolute Gasteiger partial charge is 0.216 e. The predicted molar refractivity (Wildman–Crippen MR) is 76.5 cm³/mol. The van der Waals surface area contributed by atoms with Gasteiger partial charge in [0.1, 0.15) is 5.76 Å². The summed E-state index contributed by atoms with van der Waals surface area (Å²) in [6.45, 7) is 1.96. The summed E-state index contributed by atoms with van der Waals surface area (Å²) in [5, 5.41) is 8.70. The summed E-state index contributed by atoms with van der Waals surface area (Å²) in [5.74, 6) is 0.909. The molecule has 0 aliphatic carbocycles. The maximum atomic E-state index is 12.0. The Morgan fingerprint density at radius 3 is 2.62 bits per heavy atom. The van der Waals surface area contributed by atoms with Gasteiger partial charge in [-0.25, -0.2) is 18.1 Å². The number of hydrogen-bond acceptors (Lipinski definition) is 5. The van der Waals surface area contributed by atoms with E-state index in [4.69, 9.17) is 9.68 Å². The van der Waals surface area contributed by atoms with E-state index in [0.717, 1.165) is 5.76 Å². The van der Waals surface area contributed by atoms with Crippen LogP contribution in [0.15, 0.2) is 34.9 Å². The Balaban J connectivity index is 1.96. The molecule has 1 N–H and O–H groups in total. The van der Waals surface area contributed by atoms with Crippen molar-refractivity contribution in [2.24, 2.45) is 0 Å². The number of rotatable bonds is 6. The zero-order valence-corrected chi connectivity index (χ0v) is 12.4. The molecule has 21 heavy (non-hydrogen) atoms. The molecule has 0 aliphatic heterocycles. The summed E-state index contributed by atoms with van der Waals surface area (Å²) in [5.41, 5.74) is 1.11. The summed E-state index contributed by atoms with van der Waals surface area (Å²) in [7, 11) is -3.48. The van der Waals surface area contributed by atoms with Crippen LogP contribution in [0.3, 0.4) is 0 Å². The second kappa shape index (κ2) is 6.52. The van der Waals surface area contributed by atoms with Gasteiger partial charge in [-0.2, -0.15) is 5.26 Å². The van der Waals surface area contributed by atoms with Gasteiger partial charge < -0.3 is 4.42 Å². The molecule has 0 saturated heterocycles. The van der Waals surface area contributed by atoms with Gasteiger partial charge in [-0.05, 0) is 17.7 Å². The van der Waals surface area contributed by atoms with E-state index in [0.29, 0.717) is 23.4 Å². The minimum absolute atomic E-state index is 0.0264. The van der Waals surface area contributed by atoms with Crippen LogP contribution in [0, 0.1) is 11.3 Å². The molecule has 0 amide bonds. The molecule has 0 atom stereocenters. The minimum atomic E-state index is -3.48. The maximum Gasteiger partial charge on any atom is 0.216 e. The summed E-state index contributed by atoms with van der Waals surface area (Å²) in [6, 6.07) is 8.41. The third-order valence-corrected chi connectivity index (χ3v) is 4.13. The highest BCUT2D eigenvalue weighted by Crippen LogP contribution is 2.08. The Morgan fingerprint density at radius 1 is 1.33 bits per heavy atom. The van der Waals surface area contributed by atoms with Crippen LogP contribution < -0.4 is 4.72 Å². The molecule has 0 radical (unpaired) electrons. The van der Waals surface area contributed by atoms with E-state index in [-0.39, 0.29) is 12.3 Å². The molecule has 0 bridgehead atoms. The molecule has 0 aliphatic rings. The number of nitriles is 1. The molecule has 110 valence electrons. The number of aromatic nitrogens is 1. The normalized spacial score (nSPS) is 11.2. The van der Waals surface area contributed by atoms with Crippen molar-refractivity contribution < 1.29 is 12.8 Å². The van der Waals surface area contributed by atoms with Crippen molar-refractivity contribution in [2.45, 2.75) is 25.6 Å². The van der Waals surface area contributed by atoms with Crippen molar-refractivity contribution in [1.29, 1.82) is 5.26 Å². The first-order valence-electron chi connectivity index (χ1n) is 6.42. The van der Waals surface area contributed by atoms with Gasteiger partial charge in [0.2, 0.25) is 15.9 Å². The van der Waals surface area contributed by atoms with Gasteiger partial charge in [0.05, 0.1) is 30.1 Å². The van der Waals surface area contributed by atoms with E-state index in [1.165, 1.54) is 0 Å². The highest BCUT2D eigenvalue weighted by atomic mass is 32.2. The van der Waals surface area contributed by atoms with Crippen molar-refractivity contribution >= 4 is 10.0 Å². The first-order valence-corrected chi connectivity index (χ1v) is 8.07. The second-order valence-electron chi connectivity index (χ2n) is 4.46. The Hall–Kier alpha value is -2.17. The van der Waals surface area contributed by atoms with Crippen LogP contribution in [0.5, 0.6) is 0 Å². The highest BCUT2D eigenvalue weighted by molar-refractivity contribution is 7.88. The molecule has 6 nitrogen and oxygen atoms in total. The molecule has 0 spiro atoms. The fraction of sp³-hybridized carbons (Fsp3) is 0.286. The predicted octanol–water partition coefficient (Wildman–Crippen LogP) is 1.73. The Kier molecular flexibility index (Phi) is 4.73. The quantitative estimate of drug-likeness (QED) is 0.876. The van der Waals surface area contributed by atoms with E-state index in [2.05, 4.69) is 9.71 Å². The van der Waals surface area contributed by atoms with Crippen LogP contribution in [0.25, 0.3) is 0 Å².